The van der Waals surface area contributed by atoms with Gasteiger partial charge in [-0.05, 0) is 42.3 Å². The lowest BCUT2D eigenvalue weighted by atomic mass is 10.1. The van der Waals surface area contributed by atoms with E-state index in [-0.39, 0.29) is 10.8 Å². The fraction of sp³-hybridized carbons (Fsp3) is 0.261. The van der Waals surface area contributed by atoms with E-state index in [1.807, 2.05) is 42.5 Å². The van der Waals surface area contributed by atoms with Gasteiger partial charge in [0.15, 0.2) is 0 Å². The Hall–Kier alpha value is -2.90. The Morgan fingerprint density at radius 1 is 1.07 bits per heavy atom. The van der Waals surface area contributed by atoms with E-state index in [0.29, 0.717) is 25.8 Å². The summed E-state index contributed by atoms with van der Waals surface area (Å²) in [5, 5.41) is 0. The van der Waals surface area contributed by atoms with Crippen molar-refractivity contribution >= 4 is 21.6 Å². The van der Waals surface area contributed by atoms with Gasteiger partial charge in [-0.3, -0.25) is 4.79 Å². The number of benzene rings is 2. The van der Waals surface area contributed by atoms with Gasteiger partial charge in [-0.15, -0.1) is 0 Å². The van der Waals surface area contributed by atoms with Crippen molar-refractivity contribution in [3.63, 3.8) is 0 Å². The van der Waals surface area contributed by atoms with E-state index in [1.54, 1.807) is 23.1 Å². The number of carbonyl (C=O) groups is 1. The normalized spacial score (nSPS) is 13.6. The highest BCUT2D eigenvalue weighted by Crippen LogP contribution is 2.31. The average Bonchev–Trinajstić information content (AvgIpc) is 3.39. The first-order valence-corrected chi connectivity index (χ1v) is 11.3. The number of amides is 1. The molecule has 0 aliphatic carbocycles. The topological polar surface area (TPSA) is 70.8 Å². The zero-order valence-electron chi connectivity index (χ0n) is 17.0. The monoisotopic (exact) mass is 424 g/mol. The quantitative estimate of drug-likeness (QED) is 0.605. The highest BCUT2D eigenvalue weighted by molar-refractivity contribution is 7.89. The molecule has 0 saturated carbocycles. The van der Waals surface area contributed by atoms with Crippen LogP contribution in [0.3, 0.4) is 0 Å². The van der Waals surface area contributed by atoms with Gasteiger partial charge in [0.1, 0.15) is 11.5 Å². The Balaban J connectivity index is 1.43. The molecular formula is C23H24N2O4S. The lowest BCUT2D eigenvalue weighted by Crippen LogP contribution is -2.29. The van der Waals surface area contributed by atoms with E-state index >= 15 is 0 Å². The molecule has 0 radical (unpaired) electrons. The molecule has 30 heavy (non-hydrogen) atoms. The second kappa shape index (κ2) is 8.08. The maximum Gasteiger partial charge on any atom is 0.242 e. The summed E-state index contributed by atoms with van der Waals surface area (Å²) in [6, 6.07) is 18.7. The third-order valence-corrected chi connectivity index (χ3v) is 7.14. The molecule has 156 valence electrons. The highest BCUT2D eigenvalue weighted by Gasteiger charge is 2.27. The Labute approximate surface area is 176 Å². The number of furan rings is 1. The largest absolute Gasteiger partial charge is 0.461 e. The molecule has 1 aromatic heterocycles. The molecule has 3 aromatic rings. The molecule has 0 unspecified atom stereocenters. The number of sulfonamides is 1. The molecule has 0 N–H and O–H groups in total. The molecule has 0 saturated heterocycles. The van der Waals surface area contributed by atoms with Gasteiger partial charge in [0, 0.05) is 44.7 Å². The summed E-state index contributed by atoms with van der Waals surface area (Å²) < 4.78 is 31.8. The van der Waals surface area contributed by atoms with Gasteiger partial charge in [0.25, 0.3) is 0 Å². The lowest BCUT2D eigenvalue weighted by molar-refractivity contribution is -0.118. The van der Waals surface area contributed by atoms with Crippen molar-refractivity contribution in [2.45, 2.75) is 24.2 Å². The van der Waals surface area contributed by atoms with Gasteiger partial charge in [-0.1, -0.05) is 30.3 Å². The van der Waals surface area contributed by atoms with Crippen molar-refractivity contribution in [2.75, 3.05) is 25.5 Å². The number of hydrogen-bond donors (Lipinski definition) is 0. The number of aryl methyl sites for hydroxylation is 1. The maximum absolute atomic E-state index is 12.8. The van der Waals surface area contributed by atoms with Gasteiger partial charge in [-0.25, -0.2) is 12.7 Å². The minimum absolute atomic E-state index is 0.00891. The minimum Gasteiger partial charge on any atom is -0.461 e. The highest BCUT2D eigenvalue weighted by atomic mass is 32.2. The standard InChI is InChI=1S/C23H24N2O4S/c1-24(2)30(27,28)20-10-11-21-18(16-20)14-15-25(21)23(26)13-9-19-8-12-22(29-19)17-6-4-3-5-7-17/h3-8,10-12,16H,9,13-15H2,1-2H3. The van der Waals surface area contributed by atoms with Crippen LogP contribution in [0.4, 0.5) is 5.69 Å². The molecule has 0 bridgehead atoms. The van der Waals surface area contributed by atoms with E-state index in [9.17, 15) is 13.2 Å². The SMILES string of the molecule is CN(C)S(=O)(=O)c1ccc2c(c1)CCN2C(=O)CCc1ccc(-c2ccccc2)o1. The molecular weight excluding hydrogens is 400 g/mol. The summed E-state index contributed by atoms with van der Waals surface area (Å²) in [6.45, 7) is 0.563. The number of carbonyl (C=O) groups excluding carboxylic acids is 1. The molecule has 0 atom stereocenters. The zero-order valence-corrected chi connectivity index (χ0v) is 17.9. The van der Waals surface area contributed by atoms with Gasteiger partial charge in [0.2, 0.25) is 15.9 Å². The first kappa shape index (κ1) is 20.4. The summed E-state index contributed by atoms with van der Waals surface area (Å²) in [6.07, 6.45) is 1.50. The first-order valence-electron chi connectivity index (χ1n) is 9.86. The van der Waals surface area contributed by atoms with Crippen LogP contribution in [0.15, 0.2) is 70.0 Å². The van der Waals surface area contributed by atoms with Crippen LogP contribution in [0.25, 0.3) is 11.3 Å². The van der Waals surface area contributed by atoms with Crippen LogP contribution >= 0.6 is 0 Å². The third kappa shape index (κ3) is 3.91. The lowest BCUT2D eigenvalue weighted by Gasteiger charge is -2.18. The molecule has 1 aliphatic rings. The van der Waals surface area contributed by atoms with E-state index in [4.69, 9.17) is 4.42 Å². The molecule has 1 aliphatic heterocycles. The van der Waals surface area contributed by atoms with E-state index < -0.39 is 10.0 Å². The Bertz CT molecular complexity index is 1170. The van der Waals surface area contributed by atoms with Crippen molar-refractivity contribution in [3.05, 3.63) is 72.0 Å². The summed E-state index contributed by atoms with van der Waals surface area (Å²) >= 11 is 0. The van der Waals surface area contributed by atoms with Crippen LogP contribution in [-0.4, -0.2) is 39.3 Å². The molecule has 0 fully saturated rings. The predicted molar refractivity (Wildman–Crippen MR) is 116 cm³/mol. The Morgan fingerprint density at radius 2 is 1.83 bits per heavy atom. The van der Waals surface area contributed by atoms with Crippen molar-refractivity contribution in [2.24, 2.45) is 0 Å². The van der Waals surface area contributed by atoms with Gasteiger partial charge in [-0.2, -0.15) is 0 Å². The molecule has 2 heterocycles. The number of nitrogens with zero attached hydrogens (tertiary/aromatic N) is 2. The van der Waals surface area contributed by atoms with Crippen LogP contribution in [-0.2, 0) is 27.7 Å². The maximum atomic E-state index is 12.8. The average molecular weight is 425 g/mol. The number of anilines is 1. The Morgan fingerprint density at radius 3 is 2.57 bits per heavy atom. The minimum atomic E-state index is -3.49. The molecule has 1 amide bonds. The molecule has 7 heteroatoms. The predicted octanol–water partition coefficient (Wildman–Crippen LogP) is 3.72. The number of rotatable bonds is 6. The Kier molecular flexibility index (Phi) is 5.49. The van der Waals surface area contributed by atoms with Gasteiger partial charge in [0.05, 0.1) is 4.90 Å². The molecule has 2 aromatic carbocycles. The van der Waals surface area contributed by atoms with Crippen LogP contribution in [0.2, 0.25) is 0 Å². The number of fused-ring (bicyclic) bond motifs is 1. The summed E-state index contributed by atoms with van der Waals surface area (Å²) in [7, 11) is -0.465. The van der Waals surface area contributed by atoms with Gasteiger partial charge < -0.3 is 9.32 Å². The van der Waals surface area contributed by atoms with Crippen molar-refractivity contribution in [1.82, 2.24) is 4.31 Å². The zero-order chi connectivity index (χ0) is 21.3. The summed E-state index contributed by atoms with van der Waals surface area (Å²) in [5.74, 6) is 1.57. The molecule has 0 spiro atoms. The molecule has 4 rings (SSSR count). The fourth-order valence-corrected chi connectivity index (χ4v) is 4.60. The second-order valence-electron chi connectivity index (χ2n) is 7.51. The summed E-state index contributed by atoms with van der Waals surface area (Å²) in [5.41, 5.74) is 2.68. The van der Waals surface area contributed by atoms with Crippen molar-refractivity contribution < 1.29 is 17.6 Å². The van der Waals surface area contributed by atoms with Gasteiger partial charge >= 0.3 is 0 Å². The van der Waals surface area contributed by atoms with Crippen LogP contribution in [0.1, 0.15) is 17.7 Å². The second-order valence-corrected chi connectivity index (χ2v) is 9.66. The first-order chi connectivity index (χ1) is 14.4. The van der Waals surface area contributed by atoms with Crippen molar-refractivity contribution in [3.8, 4) is 11.3 Å². The molecule has 6 nitrogen and oxygen atoms in total. The van der Waals surface area contributed by atoms with Crippen molar-refractivity contribution in [1.29, 1.82) is 0 Å². The van der Waals surface area contributed by atoms with E-state index in [0.717, 1.165) is 28.3 Å². The van der Waals surface area contributed by atoms with Crippen LogP contribution in [0.5, 0.6) is 0 Å². The van der Waals surface area contributed by atoms with E-state index in [1.165, 1.54) is 18.4 Å². The fourth-order valence-electron chi connectivity index (χ4n) is 3.64. The van der Waals surface area contributed by atoms with Crippen LogP contribution in [0, 0.1) is 0 Å². The smallest absolute Gasteiger partial charge is 0.242 e. The summed E-state index contributed by atoms with van der Waals surface area (Å²) in [4.78, 5) is 14.8. The van der Waals surface area contributed by atoms with Crippen LogP contribution < -0.4 is 4.90 Å². The number of hydrogen-bond acceptors (Lipinski definition) is 4. The third-order valence-electron chi connectivity index (χ3n) is 5.33. The van der Waals surface area contributed by atoms with E-state index in [2.05, 4.69) is 0 Å².